The molecule has 0 bridgehead atoms. The number of hydrogen-bond donors (Lipinski definition) is 1. The summed E-state index contributed by atoms with van der Waals surface area (Å²) in [6.45, 7) is 0. The van der Waals surface area contributed by atoms with Gasteiger partial charge in [0.2, 0.25) is 0 Å². The van der Waals surface area contributed by atoms with Crippen LogP contribution in [-0.4, -0.2) is 30.0 Å². The summed E-state index contributed by atoms with van der Waals surface area (Å²) in [5.41, 5.74) is 1.57. The fraction of sp³-hybridized carbons (Fsp3) is 0. The zero-order valence-electron chi connectivity index (χ0n) is 8.69. The first kappa shape index (κ1) is 9.59. The smallest absolute Gasteiger partial charge is 0.354 e. The first-order valence-electron chi connectivity index (χ1n) is 4.94. The van der Waals surface area contributed by atoms with Crippen LogP contribution in [-0.2, 0) is 0 Å². The summed E-state index contributed by atoms with van der Waals surface area (Å²) >= 11 is 0. The van der Waals surface area contributed by atoms with Crippen molar-refractivity contribution in [1.82, 2.24) is 18.9 Å². The van der Waals surface area contributed by atoms with Crippen LogP contribution in [0.1, 0.15) is 10.5 Å². The molecule has 0 saturated heterocycles. The largest absolute Gasteiger partial charge is 0.477 e. The van der Waals surface area contributed by atoms with Gasteiger partial charge in [0.05, 0.1) is 18.2 Å². The number of imidazole rings is 2. The van der Waals surface area contributed by atoms with E-state index < -0.39 is 5.97 Å². The number of hydrogen-bond acceptors (Lipinski definition) is 3. The minimum absolute atomic E-state index is 0.141. The molecule has 0 amide bonds. The molecule has 6 nitrogen and oxygen atoms in total. The van der Waals surface area contributed by atoms with Crippen molar-refractivity contribution >= 4 is 11.6 Å². The highest BCUT2D eigenvalue weighted by atomic mass is 16.4. The van der Waals surface area contributed by atoms with E-state index in [0.717, 1.165) is 5.69 Å². The summed E-state index contributed by atoms with van der Waals surface area (Å²) < 4.78 is 3.34. The summed E-state index contributed by atoms with van der Waals surface area (Å²) in [6, 6.07) is 3.62. The SMILES string of the molecule is O=C(O)c1cnc2ccc(-n3ccnc3)cn12. The lowest BCUT2D eigenvalue weighted by Crippen LogP contribution is -2.02. The summed E-state index contributed by atoms with van der Waals surface area (Å²) in [6.07, 6.45) is 8.16. The van der Waals surface area contributed by atoms with E-state index in [-0.39, 0.29) is 5.69 Å². The van der Waals surface area contributed by atoms with E-state index in [1.807, 2.05) is 6.07 Å². The van der Waals surface area contributed by atoms with Gasteiger partial charge >= 0.3 is 5.97 Å². The number of pyridine rings is 1. The van der Waals surface area contributed by atoms with Crippen molar-refractivity contribution in [3.63, 3.8) is 0 Å². The fourth-order valence-corrected chi connectivity index (χ4v) is 1.69. The molecule has 0 aliphatic heterocycles. The summed E-state index contributed by atoms with van der Waals surface area (Å²) in [4.78, 5) is 19.0. The van der Waals surface area contributed by atoms with Crippen molar-refractivity contribution in [2.24, 2.45) is 0 Å². The third-order valence-corrected chi connectivity index (χ3v) is 2.51. The lowest BCUT2D eigenvalue weighted by molar-refractivity contribution is 0.0689. The maximum absolute atomic E-state index is 11.0. The zero-order valence-corrected chi connectivity index (χ0v) is 8.69. The topological polar surface area (TPSA) is 72.4 Å². The Labute approximate surface area is 95.8 Å². The van der Waals surface area contributed by atoms with Crippen LogP contribution in [0.4, 0.5) is 0 Å². The van der Waals surface area contributed by atoms with Crippen molar-refractivity contribution < 1.29 is 9.90 Å². The second kappa shape index (κ2) is 3.44. The van der Waals surface area contributed by atoms with Crippen LogP contribution in [0.15, 0.2) is 43.2 Å². The molecule has 3 heterocycles. The molecule has 3 rings (SSSR count). The molecule has 6 heteroatoms. The van der Waals surface area contributed by atoms with E-state index in [9.17, 15) is 4.79 Å². The third kappa shape index (κ3) is 1.46. The van der Waals surface area contributed by atoms with E-state index >= 15 is 0 Å². The van der Waals surface area contributed by atoms with E-state index in [1.165, 1.54) is 10.6 Å². The van der Waals surface area contributed by atoms with Crippen molar-refractivity contribution in [2.75, 3.05) is 0 Å². The Morgan fingerprint density at radius 2 is 2.24 bits per heavy atom. The lowest BCUT2D eigenvalue weighted by Gasteiger charge is -2.03. The Hall–Kier alpha value is -2.63. The second-order valence-electron chi connectivity index (χ2n) is 3.53. The van der Waals surface area contributed by atoms with Gasteiger partial charge < -0.3 is 9.67 Å². The molecule has 1 N–H and O–H groups in total. The number of rotatable bonds is 2. The quantitative estimate of drug-likeness (QED) is 0.715. The molecule has 0 spiro atoms. The highest BCUT2D eigenvalue weighted by molar-refractivity contribution is 5.86. The normalized spacial score (nSPS) is 10.8. The standard InChI is InChI=1S/C11H8N4O2/c16-11(17)9-5-13-10-2-1-8(6-15(9)10)14-4-3-12-7-14/h1-7H,(H,16,17). The molecule has 0 aromatic carbocycles. The number of carboxylic acids is 1. The average Bonchev–Trinajstić information content (AvgIpc) is 2.97. The van der Waals surface area contributed by atoms with Gasteiger partial charge in [0.1, 0.15) is 5.65 Å². The van der Waals surface area contributed by atoms with Crippen LogP contribution in [0, 0.1) is 0 Å². The predicted molar refractivity (Wildman–Crippen MR) is 59.3 cm³/mol. The Morgan fingerprint density at radius 1 is 1.35 bits per heavy atom. The molecule has 0 fully saturated rings. The van der Waals surface area contributed by atoms with Crippen LogP contribution in [0.2, 0.25) is 0 Å². The van der Waals surface area contributed by atoms with Gasteiger partial charge in [-0.2, -0.15) is 0 Å². The number of aromatic nitrogens is 4. The molecule has 0 aliphatic rings. The van der Waals surface area contributed by atoms with E-state index in [1.54, 1.807) is 35.6 Å². The fourth-order valence-electron chi connectivity index (χ4n) is 1.69. The van der Waals surface area contributed by atoms with Gasteiger partial charge in [-0.25, -0.2) is 14.8 Å². The number of nitrogens with zero attached hydrogens (tertiary/aromatic N) is 4. The van der Waals surface area contributed by atoms with Crippen LogP contribution < -0.4 is 0 Å². The molecular formula is C11H8N4O2. The first-order chi connectivity index (χ1) is 8.25. The van der Waals surface area contributed by atoms with Gasteiger partial charge in [0, 0.05) is 18.6 Å². The van der Waals surface area contributed by atoms with Crippen molar-refractivity contribution in [1.29, 1.82) is 0 Å². The monoisotopic (exact) mass is 228 g/mol. The van der Waals surface area contributed by atoms with Gasteiger partial charge in [-0.1, -0.05) is 0 Å². The van der Waals surface area contributed by atoms with Crippen molar-refractivity contribution in [3.8, 4) is 5.69 Å². The maximum atomic E-state index is 11.0. The molecular weight excluding hydrogens is 220 g/mol. The average molecular weight is 228 g/mol. The van der Waals surface area contributed by atoms with Crippen molar-refractivity contribution in [2.45, 2.75) is 0 Å². The van der Waals surface area contributed by atoms with Crippen LogP contribution >= 0.6 is 0 Å². The number of carbonyl (C=O) groups is 1. The highest BCUT2D eigenvalue weighted by Crippen LogP contribution is 2.12. The van der Waals surface area contributed by atoms with Gasteiger partial charge in [-0.15, -0.1) is 0 Å². The zero-order chi connectivity index (χ0) is 11.8. The maximum Gasteiger partial charge on any atom is 0.354 e. The van der Waals surface area contributed by atoms with E-state index in [2.05, 4.69) is 9.97 Å². The second-order valence-corrected chi connectivity index (χ2v) is 3.53. The Kier molecular flexibility index (Phi) is 1.94. The summed E-state index contributed by atoms with van der Waals surface area (Å²) in [7, 11) is 0. The summed E-state index contributed by atoms with van der Waals surface area (Å²) in [5, 5.41) is 9.01. The lowest BCUT2D eigenvalue weighted by atomic mass is 10.4. The molecule has 84 valence electrons. The van der Waals surface area contributed by atoms with Gasteiger partial charge in [-0.3, -0.25) is 4.40 Å². The Balaban J connectivity index is 2.24. The highest BCUT2D eigenvalue weighted by Gasteiger charge is 2.10. The van der Waals surface area contributed by atoms with Crippen LogP contribution in [0.3, 0.4) is 0 Å². The van der Waals surface area contributed by atoms with Gasteiger partial charge in [-0.05, 0) is 12.1 Å². The number of aromatic carboxylic acids is 1. The molecule has 3 aromatic rings. The molecule has 0 radical (unpaired) electrons. The van der Waals surface area contributed by atoms with Gasteiger partial charge in [0.15, 0.2) is 5.69 Å². The molecule has 17 heavy (non-hydrogen) atoms. The first-order valence-corrected chi connectivity index (χ1v) is 4.94. The summed E-state index contributed by atoms with van der Waals surface area (Å²) in [5.74, 6) is -1.000. The Morgan fingerprint density at radius 3 is 2.94 bits per heavy atom. The molecule has 0 saturated carbocycles. The van der Waals surface area contributed by atoms with E-state index in [0.29, 0.717) is 5.65 Å². The van der Waals surface area contributed by atoms with Crippen LogP contribution in [0.5, 0.6) is 0 Å². The number of fused-ring (bicyclic) bond motifs is 1. The molecule has 0 unspecified atom stereocenters. The molecule has 3 aromatic heterocycles. The van der Waals surface area contributed by atoms with E-state index in [4.69, 9.17) is 5.11 Å². The van der Waals surface area contributed by atoms with Crippen molar-refractivity contribution in [3.05, 3.63) is 48.9 Å². The van der Waals surface area contributed by atoms with Crippen LogP contribution in [0.25, 0.3) is 11.3 Å². The minimum Gasteiger partial charge on any atom is -0.477 e. The number of carboxylic acid groups (broad SMARTS) is 1. The molecule has 0 aliphatic carbocycles. The molecule has 0 atom stereocenters. The predicted octanol–water partition coefficient (Wildman–Crippen LogP) is 1.22. The Bertz CT molecular complexity index is 685. The van der Waals surface area contributed by atoms with Gasteiger partial charge in [0.25, 0.3) is 0 Å². The third-order valence-electron chi connectivity index (χ3n) is 2.51. The minimum atomic E-state index is -1.000.